The number of rotatable bonds is 4. The number of halogens is 1. The zero-order chi connectivity index (χ0) is 15.6. The van der Waals surface area contributed by atoms with E-state index >= 15 is 0 Å². The Balaban J connectivity index is 2.51. The molecule has 0 radical (unpaired) electrons. The fraction of sp³-hybridized carbons (Fsp3) is 0.154. The van der Waals surface area contributed by atoms with Crippen LogP contribution in [0.4, 0.5) is 0 Å². The molecule has 0 fully saturated rings. The van der Waals surface area contributed by atoms with Gasteiger partial charge in [-0.2, -0.15) is 0 Å². The summed E-state index contributed by atoms with van der Waals surface area (Å²) in [6.45, 7) is 1.54. The summed E-state index contributed by atoms with van der Waals surface area (Å²) in [5.74, 6) is -1.49. The molecule has 110 valence electrons. The third kappa shape index (κ3) is 3.37. The van der Waals surface area contributed by atoms with Gasteiger partial charge in [-0.3, -0.25) is 13.5 Å². The number of hydrogen-bond donors (Lipinski definition) is 0. The van der Waals surface area contributed by atoms with Gasteiger partial charge in [-0.1, -0.05) is 16.8 Å². The van der Waals surface area contributed by atoms with Gasteiger partial charge in [0.1, 0.15) is 0 Å². The molecule has 0 aliphatic rings. The van der Waals surface area contributed by atoms with Crippen LogP contribution in [0.1, 0.15) is 23.1 Å². The van der Waals surface area contributed by atoms with E-state index in [1.165, 1.54) is 23.8 Å². The van der Waals surface area contributed by atoms with Gasteiger partial charge in [0.15, 0.2) is 0 Å². The van der Waals surface area contributed by atoms with Crippen molar-refractivity contribution in [2.45, 2.75) is 6.92 Å². The van der Waals surface area contributed by atoms with Crippen LogP contribution in [-0.2, 0) is 10.8 Å². The van der Waals surface area contributed by atoms with Crippen molar-refractivity contribution in [3.05, 3.63) is 56.6 Å². The van der Waals surface area contributed by atoms with E-state index in [-0.39, 0.29) is 5.82 Å². The highest BCUT2D eigenvalue weighted by molar-refractivity contribution is 7.87. The topological polar surface area (TPSA) is 82.2 Å². The summed E-state index contributed by atoms with van der Waals surface area (Å²) in [4.78, 5) is 24.0. The van der Waals surface area contributed by atoms with Gasteiger partial charge >= 0.3 is 5.76 Å². The summed E-state index contributed by atoms with van der Waals surface area (Å²) in [5, 5.41) is 5.31. The SMILES string of the molecule is C/C(=C/S(C)=O)n1c(C(=O)c2ccc(Cl)cc2)noc1=O. The van der Waals surface area contributed by atoms with Gasteiger partial charge in [0.2, 0.25) is 11.6 Å². The fourth-order valence-corrected chi connectivity index (χ4v) is 2.44. The smallest absolute Gasteiger partial charge is 0.295 e. The van der Waals surface area contributed by atoms with Gasteiger partial charge in [0, 0.05) is 38.7 Å². The number of carbonyl (C=O) groups is 1. The summed E-state index contributed by atoms with van der Waals surface area (Å²) < 4.78 is 16.7. The molecule has 1 aromatic heterocycles. The molecule has 1 heterocycles. The van der Waals surface area contributed by atoms with E-state index in [4.69, 9.17) is 11.6 Å². The van der Waals surface area contributed by atoms with Gasteiger partial charge in [-0.25, -0.2) is 9.36 Å². The Hall–Kier alpha value is -1.99. The monoisotopic (exact) mass is 326 g/mol. The lowest BCUT2D eigenvalue weighted by Gasteiger charge is -2.03. The van der Waals surface area contributed by atoms with Crippen molar-refractivity contribution >= 4 is 33.9 Å². The molecule has 0 aliphatic carbocycles. The molecule has 21 heavy (non-hydrogen) atoms. The molecule has 1 unspecified atom stereocenters. The van der Waals surface area contributed by atoms with Crippen LogP contribution >= 0.6 is 11.6 Å². The molecular formula is C13H11ClN2O4S. The highest BCUT2D eigenvalue weighted by Gasteiger charge is 2.21. The maximum atomic E-state index is 12.4. The molecule has 6 nitrogen and oxygen atoms in total. The summed E-state index contributed by atoms with van der Waals surface area (Å²) in [6.07, 6.45) is 1.45. The molecule has 8 heteroatoms. The molecule has 1 atom stereocenters. The molecule has 0 bridgehead atoms. The molecule has 0 spiro atoms. The van der Waals surface area contributed by atoms with Crippen molar-refractivity contribution in [2.75, 3.05) is 6.26 Å². The van der Waals surface area contributed by atoms with E-state index in [1.807, 2.05) is 0 Å². The lowest BCUT2D eigenvalue weighted by molar-refractivity contribution is 0.102. The van der Waals surface area contributed by atoms with E-state index < -0.39 is 22.3 Å². The van der Waals surface area contributed by atoms with E-state index in [1.54, 1.807) is 19.1 Å². The summed E-state index contributed by atoms with van der Waals surface area (Å²) in [6, 6.07) is 6.15. The standard InChI is InChI=1S/C13H11ClN2O4S/c1-8(7-21(2)19)16-12(15-20-13(16)18)11(17)9-3-5-10(14)6-4-9/h3-7H,1-2H3/b8-7-. The number of aromatic nitrogens is 2. The maximum Gasteiger partial charge on any atom is 0.446 e. The molecule has 2 rings (SSSR count). The second-order valence-corrected chi connectivity index (χ2v) is 5.87. The summed E-state index contributed by atoms with van der Waals surface area (Å²) in [7, 11) is -1.28. The zero-order valence-corrected chi connectivity index (χ0v) is 12.8. The van der Waals surface area contributed by atoms with E-state index in [9.17, 15) is 13.8 Å². The summed E-state index contributed by atoms with van der Waals surface area (Å²) >= 11 is 5.76. The van der Waals surface area contributed by atoms with Crippen LogP contribution in [0.25, 0.3) is 5.70 Å². The quantitative estimate of drug-likeness (QED) is 0.802. The van der Waals surface area contributed by atoms with Crippen molar-refractivity contribution in [2.24, 2.45) is 0 Å². The van der Waals surface area contributed by atoms with Gasteiger partial charge in [0.05, 0.1) is 0 Å². The van der Waals surface area contributed by atoms with Crippen LogP contribution in [0.5, 0.6) is 0 Å². The van der Waals surface area contributed by atoms with E-state index in [0.29, 0.717) is 16.3 Å². The summed E-state index contributed by atoms with van der Waals surface area (Å²) in [5.41, 5.74) is 0.617. The van der Waals surface area contributed by atoms with Crippen LogP contribution in [-0.4, -0.2) is 26.0 Å². The van der Waals surface area contributed by atoms with Crippen molar-refractivity contribution < 1.29 is 13.5 Å². The van der Waals surface area contributed by atoms with Crippen LogP contribution < -0.4 is 5.76 Å². The van der Waals surface area contributed by atoms with Crippen molar-refractivity contribution in [3.63, 3.8) is 0 Å². The number of benzene rings is 1. The first-order valence-electron chi connectivity index (χ1n) is 5.80. The maximum absolute atomic E-state index is 12.4. The third-order valence-corrected chi connectivity index (χ3v) is 3.53. The van der Waals surface area contributed by atoms with Gasteiger partial charge in [-0.15, -0.1) is 0 Å². The molecular weight excluding hydrogens is 316 g/mol. The Labute approximate surface area is 127 Å². The van der Waals surface area contributed by atoms with Gasteiger partial charge in [-0.05, 0) is 31.2 Å². The minimum atomic E-state index is -1.28. The number of carbonyl (C=O) groups excluding carboxylic acids is 1. The van der Waals surface area contributed by atoms with E-state index in [0.717, 1.165) is 4.57 Å². The van der Waals surface area contributed by atoms with Crippen LogP contribution in [0.2, 0.25) is 5.02 Å². The third-order valence-electron chi connectivity index (χ3n) is 2.60. The van der Waals surface area contributed by atoms with Gasteiger partial charge in [0.25, 0.3) is 0 Å². The minimum Gasteiger partial charge on any atom is -0.295 e. The Bertz CT molecular complexity index is 789. The van der Waals surface area contributed by atoms with Crippen molar-refractivity contribution in [1.82, 2.24) is 9.72 Å². The van der Waals surface area contributed by atoms with Crippen LogP contribution in [0.3, 0.4) is 0 Å². The lowest BCUT2D eigenvalue weighted by atomic mass is 10.1. The molecule has 0 N–H and O–H groups in total. The first kappa shape index (κ1) is 15.4. The van der Waals surface area contributed by atoms with Gasteiger partial charge < -0.3 is 0 Å². The molecule has 0 saturated carbocycles. The lowest BCUT2D eigenvalue weighted by Crippen LogP contribution is -2.19. The predicted molar refractivity (Wildman–Crippen MR) is 79.7 cm³/mol. The minimum absolute atomic E-state index is 0.179. The Kier molecular flexibility index (Phi) is 4.54. The highest BCUT2D eigenvalue weighted by Crippen LogP contribution is 2.14. The highest BCUT2D eigenvalue weighted by atomic mass is 35.5. The number of nitrogens with zero attached hydrogens (tertiary/aromatic N) is 2. The molecule has 0 saturated heterocycles. The number of allylic oxidation sites excluding steroid dienone is 1. The first-order valence-corrected chi connectivity index (χ1v) is 7.80. The van der Waals surface area contributed by atoms with E-state index in [2.05, 4.69) is 9.68 Å². The van der Waals surface area contributed by atoms with Crippen LogP contribution in [0, 0.1) is 0 Å². The normalized spacial score (nSPS) is 13.2. The van der Waals surface area contributed by atoms with Crippen molar-refractivity contribution in [1.29, 1.82) is 0 Å². The number of hydrogen-bond acceptors (Lipinski definition) is 5. The second-order valence-electron chi connectivity index (χ2n) is 4.20. The number of ketones is 1. The molecule has 0 aliphatic heterocycles. The predicted octanol–water partition coefficient (Wildman–Crippen LogP) is 1.92. The molecule has 1 aromatic carbocycles. The average Bonchev–Trinajstić information content (AvgIpc) is 2.80. The largest absolute Gasteiger partial charge is 0.446 e. The fourth-order valence-electron chi connectivity index (χ4n) is 1.73. The van der Waals surface area contributed by atoms with Crippen LogP contribution in [0.15, 0.2) is 39.0 Å². The Morgan fingerprint density at radius 1 is 1.38 bits per heavy atom. The zero-order valence-electron chi connectivity index (χ0n) is 11.2. The molecule has 2 aromatic rings. The van der Waals surface area contributed by atoms with Crippen molar-refractivity contribution in [3.8, 4) is 0 Å². The molecule has 0 amide bonds. The first-order chi connectivity index (χ1) is 9.90. The Morgan fingerprint density at radius 2 is 2.00 bits per heavy atom. The second kappa shape index (κ2) is 6.19. The average molecular weight is 327 g/mol. The Morgan fingerprint density at radius 3 is 2.57 bits per heavy atom.